The van der Waals surface area contributed by atoms with Crippen LogP contribution in [0.3, 0.4) is 0 Å². The lowest BCUT2D eigenvalue weighted by Crippen LogP contribution is -2.29. The molecule has 1 unspecified atom stereocenters. The fourth-order valence-electron chi connectivity index (χ4n) is 3.79. The van der Waals surface area contributed by atoms with Crippen molar-refractivity contribution in [1.82, 2.24) is 0 Å². The number of aliphatic hydroxyl groups excluding tert-OH is 1. The van der Waals surface area contributed by atoms with E-state index in [1.807, 2.05) is 30.3 Å². The van der Waals surface area contributed by atoms with Gasteiger partial charge in [0.15, 0.2) is 0 Å². The second-order valence-electron chi connectivity index (χ2n) is 6.22. The Labute approximate surface area is 120 Å². The maximum Gasteiger partial charge on any atom is 0.316 e. The highest BCUT2D eigenvalue weighted by atomic mass is 16.5. The molecule has 1 N–H and O–H groups in total. The molecule has 2 aliphatic rings. The van der Waals surface area contributed by atoms with Gasteiger partial charge in [-0.25, -0.2) is 0 Å². The number of carbonyl (C=O) groups excluding carboxylic acids is 1. The molecule has 0 spiro atoms. The van der Waals surface area contributed by atoms with Crippen LogP contribution in [0.5, 0.6) is 0 Å². The minimum Gasteiger partial charge on any atom is -0.462 e. The Morgan fingerprint density at radius 1 is 1.15 bits per heavy atom. The second kappa shape index (κ2) is 5.96. The molecule has 4 atom stereocenters. The van der Waals surface area contributed by atoms with Crippen molar-refractivity contribution in [2.45, 2.75) is 44.1 Å². The van der Waals surface area contributed by atoms with E-state index in [0.29, 0.717) is 0 Å². The van der Waals surface area contributed by atoms with Crippen molar-refractivity contribution >= 4 is 5.97 Å². The lowest BCUT2D eigenvalue weighted by Gasteiger charge is -2.28. The van der Waals surface area contributed by atoms with Crippen LogP contribution in [0.1, 0.15) is 43.6 Å². The standard InChI is InChI=1S/C17H22O3/c18-11-16(14-4-2-1-3-5-14)17(19)20-15-9-12-6-7-13(8-12)10-15/h1-5,12-13,15-16,18H,6-11H2/t12-,13+,15?,16-/m1/s1. The number of hydrogen-bond donors (Lipinski definition) is 1. The maximum atomic E-state index is 12.3. The van der Waals surface area contributed by atoms with Gasteiger partial charge in [0.05, 0.1) is 6.61 Å². The number of esters is 1. The summed E-state index contributed by atoms with van der Waals surface area (Å²) in [7, 11) is 0. The predicted octanol–water partition coefficient (Wildman–Crippen LogP) is 2.88. The van der Waals surface area contributed by atoms with Gasteiger partial charge >= 0.3 is 5.97 Å². The lowest BCUT2D eigenvalue weighted by molar-refractivity contribution is -0.154. The molecule has 1 aromatic rings. The van der Waals surface area contributed by atoms with E-state index in [4.69, 9.17) is 4.74 Å². The van der Waals surface area contributed by atoms with Gasteiger partial charge in [0.1, 0.15) is 12.0 Å². The van der Waals surface area contributed by atoms with Gasteiger partial charge in [-0.2, -0.15) is 0 Å². The average molecular weight is 274 g/mol. The van der Waals surface area contributed by atoms with Crippen molar-refractivity contribution in [3.63, 3.8) is 0 Å². The summed E-state index contributed by atoms with van der Waals surface area (Å²) in [5.74, 6) is 0.674. The van der Waals surface area contributed by atoms with Gasteiger partial charge in [-0.05, 0) is 36.7 Å². The molecule has 0 heterocycles. The van der Waals surface area contributed by atoms with E-state index in [-0.39, 0.29) is 18.7 Å². The molecule has 0 aliphatic heterocycles. The molecule has 2 bridgehead atoms. The van der Waals surface area contributed by atoms with Crippen LogP contribution in [0, 0.1) is 11.8 Å². The molecule has 1 aromatic carbocycles. The van der Waals surface area contributed by atoms with Crippen molar-refractivity contribution in [3.8, 4) is 0 Å². The second-order valence-corrected chi connectivity index (χ2v) is 6.22. The van der Waals surface area contributed by atoms with Crippen LogP contribution >= 0.6 is 0 Å². The third kappa shape index (κ3) is 2.88. The van der Waals surface area contributed by atoms with E-state index in [0.717, 1.165) is 30.2 Å². The Morgan fingerprint density at radius 3 is 2.40 bits per heavy atom. The van der Waals surface area contributed by atoms with Crippen LogP contribution in [0.2, 0.25) is 0 Å². The fraction of sp³-hybridized carbons (Fsp3) is 0.588. The summed E-state index contributed by atoms with van der Waals surface area (Å²) in [4.78, 5) is 12.3. The summed E-state index contributed by atoms with van der Waals surface area (Å²) in [6, 6.07) is 9.40. The largest absolute Gasteiger partial charge is 0.462 e. The number of ether oxygens (including phenoxy) is 1. The molecule has 0 saturated heterocycles. The molecule has 2 fully saturated rings. The van der Waals surface area contributed by atoms with E-state index in [2.05, 4.69) is 0 Å². The molecular weight excluding hydrogens is 252 g/mol. The average Bonchev–Trinajstić information content (AvgIpc) is 2.80. The molecule has 20 heavy (non-hydrogen) atoms. The molecule has 3 rings (SSSR count). The number of aliphatic hydroxyl groups is 1. The van der Waals surface area contributed by atoms with E-state index < -0.39 is 5.92 Å². The quantitative estimate of drug-likeness (QED) is 0.859. The Kier molecular flexibility index (Phi) is 4.06. The predicted molar refractivity (Wildman–Crippen MR) is 76.2 cm³/mol. The number of benzene rings is 1. The normalized spacial score (nSPS) is 29.9. The highest BCUT2D eigenvalue weighted by Crippen LogP contribution is 2.43. The highest BCUT2D eigenvalue weighted by molar-refractivity contribution is 5.78. The van der Waals surface area contributed by atoms with E-state index in [9.17, 15) is 9.90 Å². The first kappa shape index (κ1) is 13.6. The fourth-order valence-corrected chi connectivity index (χ4v) is 3.79. The topological polar surface area (TPSA) is 46.5 Å². The van der Waals surface area contributed by atoms with Crippen LogP contribution in [-0.2, 0) is 9.53 Å². The summed E-state index contributed by atoms with van der Waals surface area (Å²) in [5, 5.41) is 9.49. The summed E-state index contributed by atoms with van der Waals surface area (Å²) >= 11 is 0. The van der Waals surface area contributed by atoms with Gasteiger partial charge in [-0.1, -0.05) is 43.2 Å². The summed E-state index contributed by atoms with van der Waals surface area (Å²) in [6.45, 7) is -0.192. The molecule has 0 amide bonds. The Hall–Kier alpha value is -1.35. The van der Waals surface area contributed by atoms with E-state index >= 15 is 0 Å². The molecule has 0 radical (unpaired) electrons. The Bertz CT molecular complexity index is 445. The van der Waals surface area contributed by atoms with Crippen LogP contribution in [-0.4, -0.2) is 23.8 Å². The first-order chi connectivity index (χ1) is 9.76. The van der Waals surface area contributed by atoms with Gasteiger partial charge in [-0.3, -0.25) is 4.79 Å². The highest BCUT2D eigenvalue weighted by Gasteiger charge is 2.36. The minimum absolute atomic E-state index is 0.0616. The van der Waals surface area contributed by atoms with Gasteiger partial charge in [0, 0.05) is 0 Å². The van der Waals surface area contributed by atoms with Crippen molar-refractivity contribution in [3.05, 3.63) is 35.9 Å². The van der Waals surface area contributed by atoms with Crippen LogP contribution < -0.4 is 0 Å². The van der Waals surface area contributed by atoms with Crippen molar-refractivity contribution in [1.29, 1.82) is 0 Å². The summed E-state index contributed by atoms with van der Waals surface area (Å²) < 4.78 is 5.68. The minimum atomic E-state index is -0.546. The van der Waals surface area contributed by atoms with E-state index in [1.165, 1.54) is 19.3 Å². The van der Waals surface area contributed by atoms with Crippen LogP contribution in [0.15, 0.2) is 30.3 Å². The van der Waals surface area contributed by atoms with Gasteiger partial charge < -0.3 is 9.84 Å². The van der Waals surface area contributed by atoms with Crippen molar-refractivity contribution < 1.29 is 14.6 Å². The smallest absolute Gasteiger partial charge is 0.316 e. The zero-order valence-corrected chi connectivity index (χ0v) is 11.7. The molecule has 3 nitrogen and oxygen atoms in total. The third-order valence-corrected chi connectivity index (χ3v) is 4.79. The molecule has 108 valence electrons. The SMILES string of the molecule is O=C(OC1C[C@H]2CC[C@@H](C1)C2)[C@H](CO)c1ccccc1. The summed E-state index contributed by atoms with van der Waals surface area (Å²) in [6.07, 6.45) is 5.98. The first-order valence-electron chi connectivity index (χ1n) is 7.62. The van der Waals surface area contributed by atoms with E-state index in [1.54, 1.807) is 0 Å². The molecule has 2 saturated carbocycles. The van der Waals surface area contributed by atoms with Gasteiger partial charge in [0.25, 0.3) is 0 Å². The number of rotatable bonds is 4. The zero-order valence-electron chi connectivity index (χ0n) is 11.7. The zero-order chi connectivity index (χ0) is 13.9. The van der Waals surface area contributed by atoms with Crippen molar-refractivity contribution in [2.75, 3.05) is 6.61 Å². The Balaban J connectivity index is 1.63. The van der Waals surface area contributed by atoms with Crippen LogP contribution in [0.4, 0.5) is 0 Å². The maximum absolute atomic E-state index is 12.3. The van der Waals surface area contributed by atoms with Gasteiger partial charge in [-0.15, -0.1) is 0 Å². The number of fused-ring (bicyclic) bond motifs is 2. The molecule has 0 aromatic heterocycles. The Morgan fingerprint density at radius 2 is 1.80 bits per heavy atom. The first-order valence-corrected chi connectivity index (χ1v) is 7.62. The third-order valence-electron chi connectivity index (χ3n) is 4.79. The van der Waals surface area contributed by atoms with Crippen LogP contribution in [0.25, 0.3) is 0 Å². The van der Waals surface area contributed by atoms with Crippen molar-refractivity contribution in [2.24, 2.45) is 11.8 Å². The van der Waals surface area contributed by atoms with Gasteiger partial charge in [0.2, 0.25) is 0 Å². The lowest BCUT2D eigenvalue weighted by atomic mass is 9.87. The molecule has 2 aliphatic carbocycles. The number of carbonyl (C=O) groups is 1. The molecule has 3 heteroatoms. The monoisotopic (exact) mass is 274 g/mol. The number of hydrogen-bond acceptors (Lipinski definition) is 3. The molecular formula is C17H22O3. The summed E-state index contributed by atoms with van der Waals surface area (Å²) in [5.41, 5.74) is 0.832.